The molecule has 1 aliphatic rings. The van der Waals surface area contributed by atoms with Crippen molar-refractivity contribution < 1.29 is 14.7 Å². The van der Waals surface area contributed by atoms with Crippen molar-refractivity contribution in [2.75, 3.05) is 12.3 Å². The van der Waals surface area contributed by atoms with Gasteiger partial charge < -0.3 is 16.2 Å². The molecule has 0 aromatic heterocycles. The maximum Gasteiger partial charge on any atom is 0.306 e. The van der Waals surface area contributed by atoms with E-state index in [4.69, 9.17) is 10.8 Å². The lowest BCUT2D eigenvalue weighted by molar-refractivity contribution is -0.142. The van der Waals surface area contributed by atoms with Gasteiger partial charge in [0, 0.05) is 12.2 Å². The predicted octanol–water partition coefficient (Wildman–Crippen LogP) is 1.81. The summed E-state index contributed by atoms with van der Waals surface area (Å²) < 4.78 is 0. The number of benzene rings is 1. The van der Waals surface area contributed by atoms with Crippen LogP contribution >= 0.6 is 0 Å². The Labute approximate surface area is 118 Å². The molecule has 1 saturated carbocycles. The molecule has 4 N–H and O–H groups in total. The molecule has 1 aliphatic carbocycles. The fraction of sp³-hybridized carbons (Fsp3) is 0.467. The molecule has 0 saturated heterocycles. The van der Waals surface area contributed by atoms with Gasteiger partial charge in [0.1, 0.15) is 0 Å². The molecule has 1 fully saturated rings. The number of nitrogen functional groups attached to an aromatic ring is 1. The molecule has 1 aromatic carbocycles. The van der Waals surface area contributed by atoms with Crippen molar-refractivity contribution in [1.82, 2.24) is 5.32 Å². The van der Waals surface area contributed by atoms with Gasteiger partial charge in [0.25, 0.3) is 5.91 Å². The minimum absolute atomic E-state index is 0.0162. The Kier molecular flexibility index (Phi) is 4.27. The fourth-order valence-corrected chi connectivity index (χ4v) is 2.79. The number of aliphatic carboxylic acids is 1. The van der Waals surface area contributed by atoms with Gasteiger partial charge >= 0.3 is 5.97 Å². The van der Waals surface area contributed by atoms with Gasteiger partial charge in [-0.05, 0) is 37.8 Å². The molecule has 20 heavy (non-hydrogen) atoms. The summed E-state index contributed by atoms with van der Waals surface area (Å²) in [6, 6.07) is 5.30. The third-order valence-electron chi connectivity index (χ3n) is 3.95. The second-order valence-electron chi connectivity index (χ2n) is 5.44. The molecule has 2 rings (SSSR count). The maximum atomic E-state index is 12.1. The number of amides is 1. The number of hydrogen-bond donors (Lipinski definition) is 3. The van der Waals surface area contributed by atoms with Crippen molar-refractivity contribution >= 4 is 17.6 Å². The lowest BCUT2D eigenvalue weighted by atomic mass is 9.96. The van der Waals surface area contributed by atoms with Crippen molar-refractivity contribution in [3.63, 3.8) is 0 Å². The molecule has 1 aromatic rings. The molecule has 0 radical (unpaired) electrons. The van der Waals surface area contributed by atoms with Crippen LogP contribution in [-0.2, 0) is 4.79 Å². The summed E-state index contributed by atoms with van der Waals surface area (Å²) >= 11 is 0. The molecule has 108 valence electrons. The van der Waals surface area contributed by atoms with E-state index >= 15 is 0 Å². The molecule has 2 unspecified atom stereocenters. The Morgan fingerprint density at radius 3 is 2.85 bits per heavy atom. The lowest BCUT2D eigenvalue weighted by Crippen LogP contribution is -2.33. The summed E-state index contributed by atoms with van der Waals surface area (Å²) in [6.07, 6.45) is 2.45. The number of anilines is 1. The van der Waals surface area contributed by atoms with Crippen LogP contribution in [0.3, 0.4) is 0 Å². The number of carbonyl (C=O) groups excluding carboxylic acids is 1. The van der Waals surface area contributed by atoms with E-state index in [-0.39, 0.29) is 17.7 Å². The Bertz CT molecular complexity index is 528. The van der Waals surface area contributed by atoms with E-state index in [2.05, 4.69) is 5.32 Å². The molecule has 0 aliphatic heterocycles. The topological polar surface area (TPSA) is 92.4 Å². The van der Waals surface area contributed by atoms with Crippen LogP contribution in [0, 0.1) is 18.8 Å². The van der Waals surface area contributed by atoms with Crippen molar-refractivity contribution in [2.45, 2.75) is 26.2 Å². The Hall–Kier alpha value is -2.04. The first kappa shape index (κ1) is 14.4. The summed E-state index contributed by atoms with van der Waals surface area (Å²) in [4.78, 5) is 23.2. The zero-order valence-electron chi connectivity index (χ0n) is 11.6. The van der Waals surface area contributed by atoms with Crippen LogP contribution in [0.1, 0.15) is 35.2 Å². The summed E-state index contributed by atoms with van der Waals surface area (Å²) in [7, 11) is 0. The van der Waals surface area contributed by atoms with E-state index < -0.39 is 5.97 Å². The predicted molar refractivity (Wildman–Crippen MR) is 76.4 cm³/mol. The smallest absolute Gasteiger partial charge is 0.306 e. The first-order valence-electron chi connectivity index (χ1n) is 6.86. The van der Waals surface area contributed by atoms with Crippen LogP contribution < -0.4 is 11.1 Å². The molecular weight excluding hydrogens is 256 g/mol. The van der Waals surface area contributed by atoms with Gasteiger partial charge in [-0.2, -0.15) is 0 Å². The van der Waals surface area contributed by atoms with Gasteiger partial charge in [-0.3, -0.25) is 9.59 Å². The fourth-order valence-electron chi connectivity index (χ4n) is 2.79. The molecule has 0 heterocycles. The van der Waals surface area contributed by atoms with Crippen LogP contribution in [0.5, 0.6) is 0 Å². The van der Waals surface area contributed by atoms with E-state index in [0.717, 1.165) is 18.4 Å². The zero-order valence-corrected chi connectivity index (χ0v) is 11.6. The molecule has 2 atom stereocenters. The molecule has 0 spiro atoms. The Morgan fingerprint density at radius 2 is 2.15 bits per heavy atom. The van der Waals surface area contributed by atoms with Gasteiger partial charge in [0.2, 0.25) is 0 Å². The Balaban J connectivity index is 1.98. The van der Waals surface area contributed by atoms with E-state index in [1.807, 2.05) is 13.0 Å². The SMILES string of the molecule is Cc1ccc(N)c(C(=O)NCC2CCCC2C(=O)O)c1. The van der Waals surface area contributed by atoms with Crippen molar-refractivity contribution in [1.29, 1.82) is 0 Å². The van der Waals surface area contributed by atoms with Crippen LogP contribution in [0.25, 0.3) is 0 Å². The normalized spacial score (nSPS) is 21.6. The van der Waals surface area contributed by atoms with Crippen LogP contribution in [0.4, 0.5) is 5.69 Å². The van der Waals surface area contributed by atoms with Gasteiger partial charge in [-0.1, -0.05) is 18.1 Å². The highest BCUT2D eigenvalue weighted by Crippen LogP contribution is 2.31. The van der Waals surface area contributed by atoms with E-state index in [1.54, 1.807) is 12.1 Å². The van der Waals surface area contributed by atoms with Gasteiger partial charge in [0.05, 0.1) is 11.5 Å². The summed E-state index contributed by atoms with van der Waals surface area (Å²) in [5.74, 6) is -1.33. The number of hydrogen-bond acceptors (Lipinski definition) is 3. The van der Waals surface area contributed by atoms with E-state index in [0.29, 0.717) is 24.2 Å². The number of carbonyl (C=O) groups is 2. The monoisotopic (exact) mass is 276 g/mol. The molecule has 5 nitrogen and oxygen atoms in total. The van der Waals surface area contributed by atoms with Crippen molar-refractivity contribution in [2.24, 2.45) is 11.8 Å². The lowest BCUT2D eigenvalue weighted by Gasteiger charge is -2.16. The minimum atomic E-state index is -0.767. The maximum absolute atomic E-state index is 12.1. The number of nitrogens with one attached hydrogen (secondary N) is 1. The van der Waals surface area contributed by atoms with Gasteiger partial charge in [-0.25, -0.2) is 0 Å². The molecular formula is C15H20N2O3. The third-order valence-corrected chi connectivity index (χ3v) is 3.95. The number of nitrogens with two attached hydrogens (primary N) is 1. The standard InChI is InChI=1S/C15H20N2O3/c1-9-5-6-13(16)12(7-9)14(18)17-8-10-3-2-4-11(10)15(19)20/h5-7,10-11H,2-4,8,16H2,1H3,(H,17,18)(H,19,20). The largest absolute Gasteiger partial charge is 0.481 e. The number of aryl methyl sites for hydroxylation is 1. The van der Waals surface area contributed by atoms with E-state index in [9.17, 15) is 9.59 Å². The molecule has 5 heteroatoms. The summed E-state index contributed by atoms with van der Waals surface area (Å²) in [5, 5.41) is 11.9. The number of carboxylic acid groups (broad SMARTS) is 1. The van der Waals surface area contributed by atoms with E-state index in [1.165, 1.54) is 0 Å². The quantitative estimate of drug-likeness (QED) is 0.731. The highest BCUT2D eigenvalue weighted by atomic mass is 16.4. The average Bonchev–Trinajstić information content (AvgIpc) is 2.87. The molecule has 0 bridgehead atoms. The minimum Gasteiger partial charge on any atom is -0.481 e. The van der Waals surface area contributed by atoms with Crippen LogP contribution in [0.15, 0.2) is 18.2 Å². The zero-order chi connectivity index (χ0) is 14.7. The second-order valence-corrected chi connectivity index (χ2v) is 5.44. The van der Waals surface area contributed by atoms with Crippen LogP contribution in [-0.4, -0.2) is 23.5 Å². The van der Waals surface area contributed by atoms with Gasteiger partial charge in [-0.15, -0.1) is 0 Å². The summed E-state index contributed by atoms with van der Waals surface area (Å²) in [6.45, 7) is 2.29. The average molecular weight is 276 g/mol. The van der Waals surface area contributed by atoms with Crippen LogP contribution in [0.2, 0.25) is 0 Å². The number of rotatable bonds is 4. The van der Waals surface area contributed by atoms with Crippen molar-refractivity contribution in [3.05, 3.63) is 29.3 Å². The summed E-state index contributed by atoms with van der Waals surface area (Å²) in [5.41, 5.74) is 7.65. The highest BCUT2D eigenvalue weighted by molar-refractivity contribution is 5.99. The number of carboxylic acids is 1. The second kappa shape index (κ2) is 5.94. The first-order valence-corrected chi connectivity index (χ1v) is 6.86. The van der Waals surface area contributed by atoms with Crippen molar-refractivity contribution in [3.8, 4) is 0 Å². The third kappa shape index (κ3) is 3.10. The Morgan fingerprint density at radius 1 is 1.40 bits per heavy atom. The highest BCUT2D eigenvalue weighted by Gasteiger charge is 2.32. The van der Waals surface area contributed by atoms with Gasteiger partial charge in [0.15, 0.2) is 0 Å². The first-order chi connectivity index (χ1) is 9.49. The molecule has 1 amide bonds.